The van der Waals surface area contributed by atoms with E-state index in [2.05, 4.69) is 141 Å². The molecule has 0 unspecified atom stereocenters. The Balaban J connectivity index is 1.93. The maximum atomic E-state index is 6.96. The van der Waals surface area contributed by atoms with E-state index in [1.54, 1.807) is 0 Å². The minimum Gasteiger partial charge on any atom is -0.346 e. The smallest absolute Gasteiger partial charge is 0.0922 e. The predicted octanol–water partition coefficient (Wildman–Crippen LogP) is 8.85. The molecule has 2 atom stereocenters. The highest BCUT2D eigenvalue weighted by molar-refractivity contribution is 8.00. The Bertz CT molecular complexity index is 992. The average molecular weight is 507 g/mol. The Kier molecular flexibility index (Phi) is 9.30. The third kappa shape index (κ3) is 7.69. The highest BCUT2D eigenvalue weighted by Crippen LogP contribution is 2.42. The van der Waals surface area contributed by atoms with E-state index in [9.17, 15) is 0 Å². The third-order valence-corrected chi connectivity index (χ3v) is 10.1. The van der Waals surface area contributed by atoms with Crippen molar-refractivity contribution in [2.75, 3.05) is 0 Å². The zero-order valence-corrected chi connectivity index (χ0v) is 24.7. The highest BCUT2D eigenvalue weighted by Gasteiger charge is 2.29. The van der Waals surface area contributed by atoms with Gasteiger partial charge in [-0.15, -0.1) is 11.8 Å². The molecule has 0 aliphatic heterocycles. The van der Waals surface area contributed by atoms with Crippen molar-refractivity contribution in [3.05, 3.63) is 90.0 Å². The van der Waals surface area contributed by atoms with Crippen LogP contribution in [0.2, 0.25) is 0 Å². The first kappa shape index (κ1) is 28.0. The first-order valence-corrected chi connectivity index (χ1v) is 14.9. The van der Waals surface area contributed by atoms with Crippen LogP contribution in [0.25, 0.3) is 0 Å². The van der Waals surface area contributed by atoms with Gasteiger partial charge in [-0.25, -0.2) is 0 Å². The molecule has 0 aliphatic rings. The average Bonchev–Trinajstić information content (AvgIpc) is 2.80. The Hall–Kier alpha value is -1.60. The summed E-state index contributed by atoms with van der Waals surface area (Å²) in [4.78, 5) is 1.35. The lowest BCUT2D eigenvalue weighted by atomic mass is 9.81. The standard InChI is InChI=1S/C32H43OPS/c1-23(2)30(35-29-21-25(31(4,5)6)20-26(22-29)32(7,8)9)24(3)33-34(27-16-12-10-13-17-27)28-18-14-11-15-19-28/h10-24,30H,1-9H3/t24-,30-/m1/s1. The third-order valence-electron chi connectivity index (χ3n) is 6.28. The number of hydrogen-bond acceptors (Lipinski definition) is 2. The number of thioether (sulfide) groups is 1. The van der Waals surface area contributed by atoms with E-state index >= 15 is 0 Å². The summed E-state index contributed by atoms with van der Waals surface area (Å²) in [5.74, 6) is 0.481. The van der Waals surface area contributed by atoms with Gasteiger partial charge < -0.3 is 4.52 Å². The lowest BCUT2D eigenvalue weighted by molar-refractivity contribution is 0.228. The molecule has 0 N–H and O–H groups in total. The van der Waals surface area contributed by atoms with Crippen molar-refractivity contribution in [3.8, 4) is 0 Å². The molecule has 0 aliphatic carbocycles. The second-order valence-corrected chi connectivity index (χ2v) is 14.9. The first-order valence-electron chi connectivity index (χ1n) is 12.8. The van der Waals surface area contributed by atoms with Crippen molar-refractivity contribution in [2.24, 2.45) is 5.92 Å². The minimum atomic E-state index is -0.885. The van der Waals surface area contributed by atoms with E-state index in [-0.39, 0.29) is 16.9 Å². The van der Waals surface area contributed by atoms with Gasteiger partial charge in [-0.2, -0.15) is 0 Å². The zero-order chi connectivity index (χ0) is 25.8. The van der Waals surface area contributed by atoms with Crippen molar-refractivity contribution in [3.63, 3.8) is 0 Å². The molecule has 3 rings (SSSR count). The van der Waals surface area contributed by atoms with Crippen LogP contribution in [0.15, 0.2) is 83.8 Å². The Labute approximate surface area is 219 Å². The summed E-state index contributed by atoms with van der Waals surface area (Å²) < 4.78 is 6.96. The van der Waals surface area contributed by atoms with Crippen molar-refractivity contribution in [2.45, 2.75) is 89.4 Å². The van der Waals surface area contributed by atoms with Crippen molar-refractivity contribution >= 4 is 30.5 Å². The predicted molar refractivity (Wildman–Crippen MR) is 158 cm³/mol. The van der Waals surface area contributed by atoms with Gasteiger partial charge in [0.05, 0.1) is 14.3 Å². The van der Waals surface area contributed by atoms with Crippen LogP contribution in [0.5, 0.6) is 0 Å². The monoisotopic (exact) mass is 506 g/mol. The highest BCUT2D eigenvalue weighted by atomic mass is 32.2. The molecule has 0 saturated heterocycles. The summed E-state index contributed by atoms with van der Waals surface area (Å²) in [5.41, 5.74) is 3.03. The molecule has 0 amide bonds. The zero-order valence-electron chi connectivity index (χ0n) is 23.0. The van der Waals surface area contributed by atoms with E-state index in [4.69, 9.17) is 4.52 Å². The van der Waals surface area contributed by atoms with Gasteiger partial charge in [0.1, 0.15) is 0 Å². The topological polar surface area (TPSA) is 9.23 Å². The lowest BCUT2D eigenvalue weighted by Gasteiger charge is -2.32. The van der Waals surface area contributed by atoms with E-state index in [0.29, 0.717) is 11.2 Å². The fourth-order valence-electron chi connectivity index (χ4n) is 4.09. The fourth-order valence-corrected chi connectivity index (χ4v) is 7.29. The Morgan fingerprint density at radius 2 is 1.09 bits per heavy atom. The van der Waals surface area contributed by atoms with Gasteiger partial charge in [-0.1, -0.05) is 122 Å². The second kappa shape index (κ2) is 11.6. The molecule has 3 heteroatoms. The molecule has 0 saturated carbocycles. The quantitative estimate of drug-likeness (QED) is 0.223. The summed E-state index contributed by atoms with van der Waals surface area (Å²) in [6.45, 7) is 20.8. The molecule has 0 fully saturated rings. The van der Waals surface area contributed by atoms with E-state index in [1.165, 1.54) is 26.6 Å². The van der Waals surface area contributed by atoms with Crippen LogP contribution in [0.4, 0.5) is 0 Å². The summed E-state index contributed by atoms with van der Waals surface area (Å²) in [6, 6.07) is 28.6. The second-order valence-electron chi connectivity index (χ2n) is 11.8. The largest absolute Gasteiger partial charge is 0.346 e. The molecule has 35 heavy (non-hydrogen) atoms. The van der Waals surface area contributed by atoms with Crippen LogP contribution < -0.4 is 10.6 Å². The number of benzene rings is 3. The van der Waals surface area contributed by atoms with Crippen LogP contribution >= 0.6 is 19.9 Å². The van der Waals surface area contributed by atoms with Crippen molar-refractivity contribution in [1.29, 1.82) is 0 Å². The summed E-state index contributed by atoms with van der Waals surface area (Å²) in [6.07, 6.45) is 0.0999. The number of hydrogen-bond donors (Lipinski definition) is 0. The van der Waals surface area contributed by atoms with Gasteiger partial charge in [0, 0.05) is 20.8 Å². The molecule has 0 heterocycles. The first-order chi connectivity index (χ1) is 16.4. The van der Waals surface area contributed by atoms with Crippen LogP contribution in [0.3, 0.4) is 0 Å². The Morgan fingerprint density at radius 1 is 0.657 bits per heavy atom. The summed E-state index contributed by atoms with van der Waals surface area (Å²) in [7, 11) is -0.885. The van der Waals surface area contributed by atoms with Crippen molar-refractivity contribution in [1.82, 2.24) is 0 Å². The van der Waals surface area contributed by atoms with Crippen LogP contribution in [-0.4, -0.2) is 11.4 Å². The van der Waals surface area contributed by atoms with Crippen molar-refractivity contribution < 1.29 is 4.52 Å². The normalized spacial score (nSPS) is 14.4. The van der Waals surface area contributed by atoms with Crippen LogP contribution in [-0.2, 0) is 15.4 Å². The van der Waals surface area contributed by atoms with Gasteiger partial charge in [0.25, 0.3) is 0 Å². The lowest BCUT2D eigenvalue weighted by Crippen LogP contribution is -2.29. The molecule has 1 nitrogen and oxygen atoms in total. The maximum Gasteiger partial charge on any atom is 0.0922 e. The molecule has 0 spiro atoms. The van der Waals surface area contributed by atoms with Gasteiger partial charge in [0.2, 0.25) is 0 Å². The maximum absolute atomic E-state index is 6.96. The SMILES string of the molecule is CC(C)[C@@H](Sc1cc(C(C)(C)C)cc(C(C)(C)C)c1)[C@@H](C)OP(c1ccccc1)c1ccccc1. The van der Waals surface area contributed by atoms with Crippen LogP contribution in [0, 0.1) is 5.92 Å². The van der Waals surface area contributed by atoms with Crippen LogP contribution in [0.1, 0.15) is 73.4 Å². The van der Waals surface area contributed by atoms with E-state index in [0.717, 1.165) is 0 Å². The summed E-state index contributed by atoms with van der Waals surface area (Å²) >= 11 is 1.98. The fraction of sp³-hybridized carbons (Fsp3) is 0.438. The molecular formula is C32H43OPS. The molecule has 3 aromatic rings. The molecular weight excluding hydrogens is 463 g/mol. The number of rotatable bonds is 8. The van der Waals surface area contributed by atoms with E-state index in [1.807, 2.05) is 11.8 Å². The molecule has 0 radical (unpaired) electrons. The molecule has 0 bridgehead atoms. The van der Waals surface area contributed by atoms with Gasteiger partial charge in [-0.05, 0) is 46.9 Å². The van der Waals surface area contributed by atoms with Gasteiger partial charge in [0.15, 0.2) is 0 Å². The van der Waals surface area contributed by atoms with Gasteiger partial charge >= 0.3 is 0 Å². The molecule has 3 aromatic carbocycles. The minimum absolute atomic E-state index is 0.0999. The molecule has 188 valence electrons. The summed E-state index contributed by atoms with van der Waals surface area (Å²) in [5, 5.41) is 2.87. The Morgan fingerprint density at radius 3 is 1.46 bits per heavy atom. The van der Waals surface area contributed by atoms with Gasteiger partial charge in [-0.3, -0.25) is 0 Å². The molecule has 0 aromatic heterocycles. The van der Waals surface area contributed by atoms with E-state index < -0.39 is 8.15 Å².